The number of fused-ring (bicyclic) bond motifs is 1. The Morgan fingerprint density at radius 3 is 2.50 bits per heavy atom. The van der Waals surface area contributed by atoms with Gasteiger partial charge in [0, 0.05) is 5.92 Å². The molecule has 0 amide bonds. The minimum Gasteiger partial charge on any atom is -0.347 e. The van der Waals surface area contributed by atoms with E-state index >= 15 is 0 Å². The lowest BCUT2D eigenvalue weighted by Crippen LogP contribution is -2.48. The highest BCUT2D eigenvalue weighted by molar-refractivity contribution is 5.19. The zero-order valence-corrected chi connectivity index (χ0v) is 11.3. The molecule has 3 atom stereocenters. The van der Waals surface area contributed by atoms with E-state index < -0.39 is 5.79 Å². The Bertz CT molecular complexity index is 399. The molecule has 1 saturated carbocycles. The van der Waals surface area contributed by atoms with E-state index in [0.29, 0.717) is 12.0 Å². The molecule has 1 aliphatic carbocycles. The Morgan fingerprint density at radius 2 is 1.72 bits per heavy atom. The van der Waals surface area contributed by atoms with Crippen LogP contribution in [-0.2, 0) is 9.47 Å². The number of hydrogen-bond donors (Lipinski definition) is 0. The van der Waals surface area contributed by atoms with E-state index in [-0.39, 0.29) is 6.10 Å². The summed E-state index contributed by atoms with van der Waals surface area (Å²) >= 11 is 0. The molecule has 2 fully saturated rings. The zero-order chi connectivity index (χ0) is 12.6. The Balaban J connectivity index is 1.90. The molecular formula is C16H22O2. The van der Waals surface area contributed by atoms with Gasteiger partial charge in [-0.1, -0.05) is 43.2 Å². The van der Waals surface area contributed by atoms with E-state index in [1.165, 1.54) is 31.2 Å². The van der Waals surface area contributed by atoms with E-state index in [2.05, 4.69) is 30.3 Å². The predicted molar refractivity (Wildman–Crippen MR) is 71.2 cm³/mol. The fourth-order valence-corrected chi connectivity index (χ4v) is 3.36. The average Bonchev–Trinajstić information content (AvgIpc) is 2.38. The van der Waals surface area contributed by atoms with Crippen molar-refractivity contribution in [2.45, 2.75) is 57.5 Å². The molecule has 1 aromatic rings. The molecule has 1 saturated heterocycles. The van der Waals surface area contributed by atoms with Gasteiger partial charge in [-0.2, -0.15) is 0 Å². The van der Waals surface area contributed by atoms with Gasteiger partial charge in [0.15, 0.2) is 5.79 Å². The standard InChI is InChI=1S/C16H22O2/c1-16(2)17-14-11-7-6-10-13(14)15(18-16)12-8-4-3-5-9-12/h3-5,8-9,13-15H,6-7,10-11H2,1-2H3/t13-,14-,15-/m1/s1. The highest BCUT2D eigenvalue weighted by atomic mass is 16.7. The summed E-state index contributed by atoms with van der Waals surface area (Å²) in [7, 11) is 0. The molecule has 2 heteroatoms. The number of benzene rings is 1. The van der Waals surface area contributed by atoms with Gasteiger partial charge in [-0.15, -0.1) is 0 Å². The van der Waals surface area contributed by atoms with Crippen LogP contribution in [0.4, 0.5) is 0 Å². The average molecular weight is 246 g/mol. The summed E-state index contributed by atoms with van der Waals surface area (Å²) in [5, 5.41) is 0. The summed E-state index contributed by atoms with van der Waals surface area (Å²) in [5.41, 5.74) is 1.30. The smallest absolute Gasteiger partial charge is 0.163 e. The van der Waals surface area contributed by atoms with Crippen molar-refractivity contribution in [1.82, 2.24) is 0 Å². The van der Waals surface area contributed by atoms with Crippen molar-refractivity contribution in [1.29, 1.82) is 0 Å². The number of ether oxygens (including phenoxy) is 2. The van der Waals surface area contributed by atoms with Crippen molar-refractivity contribution in [3.05, 3.63) is 35.9 Å². The first-order valence-corrected chi connectivity index (χ1v) is 7.06. The summed E-state index contributed by atoms with van der Waals surface area (Å²) in [6.07, 6.45) is 5.56. The van der Waals surface area contributed by atoms with Crippen molar-refractivity contribution in [2.24, 2.45) is 5.92 Å². The van der Waals surface area contributed by atoms with Crippen LogP contribution in [0.15, 0.2) is 30.3 Å². The monoisotopic (exact) mass is 246 g/mol. The molecule has 1 heterocycles. The highest BCUT2D eigenvalue weighted by Crippen LogP contribution is 2.45. The number of rotatable bonds is 1. The van der Waals surface area contributed by atoms with E-state index in [1.807, 2.05) is 13.8 Å². The summed E-state index contributed by atoms with van der Waals surface area (Å²) in [5.74, 6) is 0.0631. The molecule has 0 N–H and O–H groups in total. The summed E-state index contributed by atoms with van der Waals surface area (Å²) in [6, 6.07) is 10.6. The maximum atomic E-state index is 6.21. The zero-order valence-electron chi connectivity index (χ0n) is 11.3. The van der Waals surface area contributed by atoms with Gasteiger partial charge in [0.2, 0.25) is 0 Å². The molecule has 0 spiro atoms. The summed E-state index contributed by atoms with van der Waals surface area (Å²) in [6.45, 7) is 4.07. The van der Waals surface area contributed by atoms with Crippen molar-refractivity contribution in [3.8, 4) is 0 Å². The third kappa shape index (κ3) is 2.32. The lowest BCUT2D eigenvalue weighted by Gasteiger charge is -2.48. The van der Waals surface area contributed by atoms with Crippen LogP contribution in [0.3, 0.4) is 0 Å². The van der Waals surface area contributed by atoms with Gasteiger partial charge in [-0.25, -0.2) is 0 Å². The van der Waals surface area contributed by atoms with Crippen molar-refractivity contribution < 1.29 is 9.47 Å². The second-order valence-electron chi connectivity index (χ2n) is 5.95. The maximum Gasteiger partial charge on any atom is 0.163 e. The lowest BCUT2D eigenvalue weighted by molar-refractivity contribution is -0.329. The Morgan fingerprint density at radius 1 is 1.00 bits per heavy atom. The molecule has 98 valence electrons. The molecule has 18 heavy (non-hydrogen) atoms. The fourth-order valence-electron chi connectivity index (χ4n) is 3.36. The Hall–Kier alpha value is -0.860. The normalized spacial score (nSPS) is 34.9. The molecule has 2 nitrogen and oxygen atoms in total. The second kappa shape index (κ2) is 4.67. The maximum absolute atomic E-state index is 6.21. The quantitative estimate of drug-likeness (QED) is 0.743. The van der Waals surface area contributed by atoms with Gasteiger partial charge in [0.25, 0.3) is 0 Å². The van der Waals surface area contributed by atoms with Gasteiger partial charge >= 0.3 is 0 Å². The topological polar surface area (TPSA) is 18.5 Å². The molecule has 0 radical (unpaired) electrons. The van der Waals surface area contributed by atoms with Crippen LogP contribution in [0.25, 0.3) is 0 Å². The molecule has 1 aromatic carbocycles. The number of hydrogen-bond acceptors (Lipinski definition) is 2. The van der Waals surface area contributed by atoms with Crippen molar-refractivity contribution >= 4 is 0 Å². The molecule has 2 aliphatic rings. The molecule has 1 aliphatic heterocycles. The van der Waals surface area contributed by atoms with E-state index in [4.69, 9.17) is 9.47 Å². The molecule has 0 unspecified atom stereocenters. The first kappa shape index (κ1) is 12.2. The highest BCUT2D eigenvalue weighted by Gasteiger charge is 2.44. The largest absolute Gasteiger partial charge is 0.347 e. The van der Waals surface area contributed by atoms with Crippen molar-refractivity contribution in [3.63, 3.8) is 0 Å². The minimum atomic E-state index is -0.459. The first-order valence-electron chi connectivity index (χ1n) is 7.06. The van der Waals surface area contributed by atoms with Crippen LogP contribution >= 0.6 is 0 Å². The Kier molecular flexibility index (Phi) is 3.16. The van der Waals surface area contributed by atoms with Gasteiger partial charge in [-0.05, 0) is 32.3 Å². The van der Waals surface area contributed by atoms with Crippen LogP contribution < -0.4 is 0 Å². The minimum absolute atomic E-state index is 0.195. The summed E-state index contributed by atoms with van der Waals surface area (Å²) in [4.78, 5) is 0. The SMILES string of the molecule is CC1(C)O[C@H](c2ccccc2)[C@@H]2CCCC[C@H]2O1. The summed E-state index contributed by atoms with van der Waals surface area (Å²) < 4.78 is 12.3. The van der Waals surface area contributed by atoms with E-state index in [0.717, 1.165) is 0 Å². The third-order valence-electron chi connectivity index (χ3n) is 4.12. The van der Waals surface area contributed by atoms with Crippen LogP contribution in [0.5, 0.6) is 0 Å². The molecule has 3 rings (SSSR count). The second-order valence-corrected chi connectivity index (χ2v) is 5.95. The van der Waals surface area contributed by atoms with Crippen LogP contribution in [0.2, 0.25) is 0 Å². The van der Waals surface area contributed by atoms with Crippen LogP contribution in [0.1, 0.15) is 51.2 Å². The third-order valence-corrected chi connectivity index (χ3v) is 4.12. The molecule has 0 aromatic heterocycles. The van der Waals surface area contributed by atoms with Gasteiger partial charge in [-0.3, -0.25) is 0 Å². The van der Waals surface area contributed by atoms with Crippen LogP contribution in [-0.4, -0.2) is 11.9 Å². The van der Waals surface area contributed by atoms with Gasteiger partial charge in [0.05, 0.1) is 12.2 Å². The van der Waals surface area contributed by atoms with E-state index in [1.54, 1.807) is 0 Å². The Labute approximate surface area is 109 Å². The van der Waals surface area contributed by atoms with Crippen LogP contribution in [0, 0.1) is 5.92 Å². The van der Waals surface area contributed by atoms with Gasteiger partial charge < -0.3 is 9.47 Å². The first-order chi connectivity index (χ1) is 8.66. The van der Waals surface area contributed by atoms with E-state index in [9.17, 15) is 0 Å². The molecular weight excluding hydrogens is 224 g/mol. The molecule has 0 bridgehead atoms. The fraction of sp³-hybridized carbons (Fsp3) is 0.625. The predicted octanol–water partition coefficient (Wildman–Crippen LogP) is 4.07. The van der Waals surface area contributed by atoms with Gasteiger partial charge in [0.1, 0.15) is 0 Å². The van der Waals surface area contributed by atoms with Crippen molar-refractivity contribution in [2.75, 3.05) is 0 Å². The lowest BCUT2D eigenvalue weighted by atomic mass is 9.79.